The van der Waals surface area contributed by atoms with Gasteiger partial charge in [0.15, 0.2) is 0 Å². The van der Waals surface area contributed by atoms with Crippen molar-refractivity contribution in [1.82, 2.24) is 10.2 Å². The zero-order valence-corrected chi connectivity index (χ0v) is 14.6. The van der Waals surface area contributed by atoms with Crippen LogP contribution in [-0.4, -0.2) is 35.8 Å². The summed E-state index contributed by atoms with van der Waals surface area (Å²) in [6.07, 6.45) is 6.67. The molecule has 1 N–H and O–H groups in total. The molecule has 0 radical (unpaired) electrons. The number of hydrogen-bond donors (Lipinski definition) is 1. The highest BCUT2D eigenvalue weighted by Gasteiger charge is 2.27. The molecule has 130 valence electrons. The molecule has 2 fully saturated rings. The van der Waals surface area contributed by atoms with Crippen molar-refractivity contribution < 1.29 is 9.59 Å². The standard InChI is InChI=1S/C20H28N2O2/c1-15-5-4-6-16(13-15)14-19(23)22-11-9-18(10-12-22)21-20(24)17-7-2-3-8-17/h4-6,13,17-18H,2-3,7-12,14H2,1H3,(H,21,24). The van der Waals surface area contributed by atoms with E-state index in [1.165, 1.54) is 18.4 Å². The number of likely N-dealkylation sites (tertiary alicyclic amines) is 1. The Bertz CT molecular complexity index is 585. The van der Waals surface area contributed by atoms with Gasteiger partial charge in [-0.15, -0.1) is 0 Å². The van der Waals surface area contributed by atoms with Gasteiger partial charge in [-0.25, -0.2) is 0 Å². The average Bonchev–Trinajstić information content (AvgIpc) is 3.10. The second kappa shape index (κ2) is 7.82. The summed E-state index contributed by atoms with van der Waals surface area (Å²) in [6.45, 7) is 3.55. The first-order chi connectivity index (χ1) is 11.6. The molecule has 1 aromatic rings. The van der Waals surface area contributed by atoms with Crippen molar-refractivity contribution in [2.24, 2.45) is 5.92 Å². The van der Waals surface area contributed by atoms with Crippen LogP contribution in [0.1, 0.15) is 49.7 Å². The van der Waals surface area contributed by atoms with E-state index in [0.717, 1.165) is 44.3 Å². The number of aryl methyl sites for hydroxylation is 1. The monoisotopic (exact) mass is 328 g/mol. The fourth-order valence-corrected chi connectivity index (χ4v) is 3.89. The quantitative estimate of drug-likeness (QED) is 0.924. The highest BCUT2D eigenvalue weighted by Crippen LogP contribution is 2.25. The molecule has 1 aliphatic carbocycles. The van der Waals surface area contributed by atoms with Gasteiger partial charge < -0.3 is 10.2 Å². The first-order valence-electron chi connectivity index (χ1n) is 9.25. The van der Waals surface area contributed by atoms with E-state index < -0.39 is 0 Å². The topological polar surface area (TPSA) is 49.4 Å². The average molecular weight is 328 g/mol. The number of rotatable bonds is 4. The molecule has 4 heteroatoms. The van der Waals surface area contributed by atoms with E-state index in [-0.39, 0.29) is 23.8 Å². The third kappa shape index (κ3) is 4.37. The van der Waals surface area contributed by atoms with Crippen LogP contribution in [0.2, 0.25) is 0 Å². The fourth-order valence-electron chi connectivity index (χ4n) is 3.89. The molecule has 1 saturated heterocycles. The molecular weight excluding hydrogens is 300 g/mol. The predicted octanol–water partition coefficient (Wildman–Crippen LogP) is 2.83. The Balaban J connectivity index is 1.44. The molecule has 3 rings (SSSR count). The van der Waals surface area contributed by atoms with Gasteiger partial charge in [-0.1, -0.05) is 42.7 Å². The van der Waals surface area contributed by atoms with Crippen molar-refractivity contribution in [3.05, 3.63) is 35.4 Å². The minimum atomic E-state index is 0.196. The van der Waals surface area contributed by atoms with Crippen molar-refractivity contribution in [2.45, 2.75) is 57.9 Å². The number of carbonyl (C=O) groups is 2. The summed E-state index contributed by atoms with van der Waals surface area (Å²) in [5, 5.41) is 3.20. The van der Waals surface area contributed by atoms with Gasteiger partial charge in [-0.05, 0) is 38.2 Å². The maximum absolute atomic E-state index is 12.5. The number of carbonyl (C=O) groups excluding carboxylic acids is 2. The van der Waals surface area contributed by atoms with Gasteiger partial charge in [0.25, 0.3) is 0 Å². The van der Waals surface area contributed by atoms with Crippen molar-refractivity contribution in [3.8, 4) is 0 Å². The van der Waals surface area contributed by atoms with Gasteiger partial charge in [-0.2, -0.15) is 0 Å². The Hall–Kier alpha value is -1.84. The van der Waals surface area contributed by atoms with Gasteiger partial charge in [0.1, 0.15) is 0 Å². The minimum Gasteiger partial charge on any atom is -0.353 e. The van der Waals surface area contributed by atoms with E-state index >= 15 is 0 Å². The van der Waals surface area contributed by atoms with Crippen LogP contribution in [0.15, 0.2) is 24.3 Å². The summed E-state index contributed by atoms with van der Waals surface area (Å²) in [7, 11) is 0. The molecule has 0 atom stereocenters. The highest BCUT2D eigenvalue weighted by atomic mass is 16.2. The maximum Gasteiger partial charge on any atom is 0.226 e. The minimum absolute atomic E-state index is 0.196. The van der Waals surface area contributed by atoms with Crippen LogP contribution in [0.5, 0.6) is 0 Å². The second-order valence-electron chi connectivity index (χ2n) is 7.31. The highest BCUT2D eigenvalue weighted by molar-refractivity contribution is 5.80. The Kier molecular flexibility index (Phi) is 5.54. The lowest BCUT2D eigenvalue weighted by atomic mass is 10.0. The van der Waals surface area contributed by atoms with E-state index in [1.54, 1.807) is 0 Å². The van der Waals surface area contributed by atoms with Gasteiger partial charge >= 0.3 is 0 Å². The molecule has 2 amide bonds. The van der Waals surface area contributed by atoms with Crippen LogP contribution in [0.3, 0.4) is 0 Å². The van der Waals surface area contributed by atoms with E-state index in [2.05, 4.69) is 11.4 Å². The zero-order chi connectivity index (χ0) is 16.9. The second-order valence-corrected chi connectivity index (χ2v) is 7.31. The number of benzene rings is 1. The van der Waals surface area contributed by atoms with Gasteiger partial charge in [0, 0.05) is 25.0 Å². The largest absolute Gasteiger partial charge is 0.353 e. The van der Waals surface area contributed by atoms with Gasteiger partial charge in [0.2, 0.25) is 11.8 Å². The summed E-state index contributed by atoms with van der Waals surface area (Å²) in [5.41, 5.74) is 2.27. The van der Waals surface area contributed by atoms with Crippen LogP contribution in [0.4, 0.5) is 0 Å². The Labute approximate surface area is 144 Å². The van der Waals surface area contributed by atoms with Crippen LogP contribution in [0.25, 0.3) is 0 Å². The SMILES string of the molecule is Cc1cccc(CC(=O)N2CCC(NC(=O)C3CCCC3)CC2)c1. The van der Waals surface area contributed by atoms with Crippen LogP contribution in [0, 0.1) is 12.8 Å². The lowest BCUT2D eigenvalue weighted by Crippen LogP contribution is -2.48. The Morgan fingerprint density at radius 3 is 2.50 bits per heavy atom. The molecule has 0 spiro atoms. The lowest BCUT2D eigenvalue weighted by Gasteiger charge is -2.33. The summed E-state index contributed by atoms with van der Waals surface area (Å²) < 4.78 is 0. The number of nitrogens with one attached hydrogen (secondary N) is 1. The molecular formula is C20H28N2O2. The van der Waals surface area contributed by atoms with Crippen LogP contribution < -0.4 is 5.32 Å². The number of piperidine rings is 1. The predicted molar refractivity (Wildman–Crippen MR) is 94.6 cm³/mol. The van der Waals surface area contributed by atoms with Crippen molar-refractivity contribution in [3.63, 3.8) is 0 Å². The van der Waals surface area contributed by atoms with Gasteiger partial charge in [0.05, 0.1) is 6.42 Å². The first-order valence-corrected chi connectivity index (χ1v) is 9.25. The fraction of sp³-hybridized carbons (Fsp3) is 0.600. The molecule has 2 aliphatic rings. The molecule has 0 unspecified atom stereocenters. The van der Waals surface area contributed by atoms with Gasteiger partial charge in [-0.3, -0.25) is 9.59 Å². The van der Waals surface area contributed by atoms with Crippen molar-refractivity contribution in [1.29, 1.82) is 0 Å². The molecule has 0 aromatic heterocycles. The molecule has 4 nitrogen and oxygen atoms in total. The zero-order valence-electron chi connectivity index (χ0n) is 14.6. The summed E-state index contributed by atoms with van der Waals surface area (Å²) in [4.78, 5) is 26.6. The Morgan fingerprint density at radius 1 is 1.12 bits per heavy atom. The third-order valence-corrected chi connectivity index (χ3v) is 5.36. The normalized spacial score (nSPS) is 19.5. The number of amides is 2. The molecule has 24 heavy (non-hydrogen) atoms. The smallest absolute Gasteiger partial charge is 0.226 e. The number of hydrogen-bond acceptors (Lipinski definition) is 2. The maximum atomic E-state index is 12.5. The van der Waals surface area contributed by atoms with Crippen LogP contribution in [-0.2, 0) is 16.0 Å². The molecule has 1 saturated carbocycles. The molecule has 1 aromatic carbocycles. The van der Waals surface area contributed by atoms with E-state index in [4.69, 9.17) is 0 Å². The summed E-state index contributed by atoms with van der Waals surface area (Å²) in [5.74, 6) is 0.657. The first kappa shape index (κ1) is 17.0. The third-order valence-electron chi connectivity index (χ3n) is 5.36. The van der Waals surface area contributed by atoms with E-state index in [1.807, 2.05) is 30.0 Å². The molecule has 0 bridgehead atoms. The molecule has 1 heterocycles. The van der Waals surface area contributed by atoms with E-state index in [9.17, 15) is 9.59 Å². The molecule has 1 aliphatic heterocycles. The summed E-state index contributed by atoms with van der Waals surface area (Å²) in [6, 6.07) is 8.38. The van der Waals surface area contributed by atoms with E-state index in [0.29, 0.717) is 6.42 Å². The van der Waals surface area contributed by atoms with Crippen LogP contribution >= 0.6 is 0 Å². The Morgan fingerprint density at radius 2 is 1.83 bits per heavy atom. The van der Waals surface area contributed by atoms with Crippen molar-refractivity contribution in [2.75, 3.05) is 13.1 Å². The van der Waals surface area contributed by atoms with Crippen molar-refractivity contribution >= 4 is 11.8 Å². The number of nitrogens with zero attached hydrogens (tertiary/aromatic N) is 1. The summed E-state index contributed by atoms with van der Waals surface area (Å²) >= 11 is 0. The lowest BCUT2D eigenvalue weighted by molar-refractivity contribution is -0.131.